The van der Waals surface area contributed by atoms with Gasteiger partial charge in [0.1, 0.15) is 18.1 Å². The minimum Gasteiger partial charge on any atom is -0.349 e. The van der Waals surface area contributed by atoms with Gasteiger partial charge in [0.05, 0.1) is 12.1 Å². The van der Waals surface area contributed by atoms with E-state index in [1.54, 1.807) is 20.9 Å². The maximum atomic E-state index is 13.9. The summed E-state index contributed by atoms with van der Waals surface area (Å²) < 4.78 is 1.60. The number of benzene rings is 2. The van der Waals surface area contributed by atoms with Crippen LogP contribution in [0.1, 0.15) is 49.2 Å². The van der Waals surface area contributed by atoms with Crippen molar-refractivity contribution in [1.82, 2.24) is 25.2 Å². The average Bonchev–Trinajstić information content (AvgIpc) is 3.50. The van der Waals surface area contributed by atoms with E-state index in [4.69, 9.17) is 0 Å². The highest BCUT2D eigenvalue weighted by Crippen LogP contribution is 2.27. The van der Waals surface area contributed by atoms with Gasteiger partial charge in [0, 0.05) is 10.4 Å². The molecule has 1 atom stereocenters. The van der Waals surface area contributed by atoms with E-state index in [2.05, 4.69) is 15.6 Å². The number of nitrogens with one attached hydrogen (secondary N) is 1. The Morgan fingerprint density at radius 3 is 2.51 bits per heavy atom. The van der Waals surface area contributed by atoms with Crippen molar-refractivity contribution in [2.75, 3.05) is 0 Å². The number of carbonyl (C=O) groups is 2. The van der Waals surface area contributed by atoms with E-state index in [0.717, 1.165) is 33.5 Å². The van der Waals surface area contributed by atoms with Crippen molar-refractivity contribution < 1.29 is 9.59 Å². The SMILES string of the molecule is CCC(C)(C)NC(=O)[C@H](c1ccc(C)cc1)N(Cc1cccs1)C(=O)Cn1nnc2ccccc21. The molecule has 0 spiro atoms. The highest BCUT2D eigenvalue weighted by atomic mass is 32.1. The summed E-state index contributed by atoms with van der Waals surface area (Å²) in [7, 11) is 0. The molecule has 0 saturated carbocycles. The minimum atomic E-state index is -0.786. The summed E-state index contributed by atoms with van der Waals surface area (Å²) in [5.41, 5.74) is 2.96. The third-order valence-corrected chi connectivity index (χ3v) is 7.09. The first kappa shape index (κ1) is 24.6. The summed E-state index contributed by atoms with van der Waals surface area (Å²) in [6, 6.07) is 18.5. The maximum Gasteiger partial charge on any atom is 0.247 e. The van der Waals surface area contributed by atoms with Crippen molar-refractivity contribution in [1.29, 1.82) is 0 Å². The molecule has 0 aliphatic heterocycles. The molecular weight excluding hydrogens is 458 g/mol. The standard InChI is InChI=1S/C27H31N5O2S/c1-5-27(3,4)28-26(34)25(20-14-12-19(2)13-15-20)31(17-21-9-8-16-35-21)24(33)18-32-23-11-7-6-10-22(23)29-30-32/h6-16,25H,5,17-18H2,1-4H3,(H,28,34)/t25-/m0/s1. The first-order chi connectivity index (χ1) is 16.8. The summed E-state index contributed by atoms with van der Waals surface area (Å²) in [6.45, 7) is 8.32. The van der Waals surface area contributed by atoms with E-state index in [1.165, 1.54) is 0 Å². The molecule has 0 unspecified atom stereocenters. The summed E-state index contributed by atoms with van der Waals surface area (Å²) in [5.74, 6) is -0.404. The smallest absolute Gasteiger partial charge is 0.247 e. The topological polar surface area (TPSA) is 80.1 Å². The van der Waals surface area contributed by atoms with Crippen LogP contribution in [-0.2, 0) is 22.7 Å². The van der Waals surface area contributed by atoms with E-state index < -0.39 is 11.6 Å². The van der Waals surface area contributed by atoms with Crippen molar-refractivity contribution in [2.24, 2.45) is 0 Å². The lowest BCUT2D eigenvalue weighted by Gasteiger charge is -2.34. The molecule has 4 aromatic rings. The first-order valence-corrected chi connectivity index (χ1v) is 12.6. The summed E-state index contributed by atoms with van der Waals surface area (Å²) in [5, 5.41) is 13.5. The molecule has 35 heavy (non-hydrogen) atoms. The molecule has 0 saturated heterocycles. The molecule has 7 nitrogen and oxygen atoms in total. The zero-order valence-corrected chi connectivity index (χ0v) is 21.4. The molecule has 0 fully saturated rings. The Morgan fingerprint density at radius 2 is 1.83 bits per heavy atom. The van der Waals surface area contributed by atoms with Crippen LogP contribution in [-0.4, -0.2) is 37.2 Å². The van der Waals surface area contributed by atoms with Gasteiger partial charge in [0.2, 0.25) is 11.8 Å². The third kappa shape index (κ3) is 5.77. The minimum absolute atomic E-state index is 0.0152. The lowest BCUT2D eigenvalue weighted by Crippen LogP contribution is -2.50. The molecular formula is C27H31N5O2S. The molecule has 2 aromatic heterocycles. The lowest BCUT2D eigenvalue weighted by molar-refractivity contribution is -0.142. The number of hydrogen-bond donors (Lipinski definition) is 1. The fraction of sp³-hybridized carbons (Fsp3) is 0.333. The average molecular weight is 490 g/mol. The molecule has 0 bridgehead atoms. The van der Waals surface area contributed by atoms with E-state index in [-0.39, 0.29) is 18.4 Å². The number of amides is 2. The number of fused-ring (bicyclic) bond motifs is 1. The van der Waals surface area contributed by atoms with Gasteiger partial charge in [-0.05, 0) is 56.3 Å². The summed E-state index contributed by atoms with van der Waals surface area (Å²) in [6.07, 6.45) is 0.767. The van der Waals surface area contributed by atoms with Gasteiger partial charge in [-0.2, -0.15) is 0 Å². The Hall–Kier alpha value is -3.52. The van der Waals surface area contributed by atoms with Crippen molar-refractivity contribution >= 4 is 34.2 Å². The second kappa shape index (κ2) is 10.4. The van der Waals surface area contributed by atoms with Gasteiger partial charge in [-0.1, -0.05) is 60.2 Å². The molecule has 1 N–H and O–H groups in total. The van der Waals surface area contributed by atoms with E-state index >= 15 is 0 Å². The number of hydrogen-bond acceptors (Lipinski definition) is 5. The van der Waals surface area contributed by atoms with Gasteiger partial charge in [0.15, 0.2) is 0 Å². The molecule has 8 heteroatoms. The van der Waals surface area contributed by atoms with Gasteiger partial charge in [-0.25, -0.2) is 4.68 Å². The van der Waals surface area contributed by atoms with Gasteiger partial charge >= 0.3 is 0 Å². The van der Waals surface area contributed by atoms with Crippen LogP contribution >= 0.6 is 11.3 Å². The monoisotopic (exact) mass is 489 g/mol. The molecule has 0 aliphatic carbocycles. The van der Waals surface area contributed by atoms with Crippen LogP contribution in [0.3, 0.4) is 0 Å². The van der Waals surface area contributed by atoms with Crippen LogP contribution in [0.4, 0.5) is 0 Å². The fourth-order valence-corrected chi connectivity index (χ4v) is 4.56. The predicted molar refractivity (Wildman–Crippen MR) is 139 cm³/mol. The van der Waals surface area contributed by atoms with Crippen LogP contribution < -0.4 is 5.32 Å². The molecule has 182 valence electrons. The van der Waals surface area contributed by atoms with E-state index in [1.807, 2.05) is 93.7 Å². The van der Waals surface area contributed by atoms with Crippen molar-refractivity contribution in [3.05, 3.63) is 82.0 Å². The van der Waals surface area contributed by atoms with Crippen LogP contribution in [0.5, 0.6) is 0 Å². The molecule has 2 amide bonds. The Morgan fingerprint density at radius 1 is 1.09 bits per heavy atom. The number of rotatable bonds is 9. The van der Waals surface area contributed by atoms with Gasteiger partial charge in [-0.3, -0.25) is 9.59 Å². The van der Waals surface area contributed by atoms with Crippen LogP contribution in [0.2, 0.25) is 0 Å². The van der Waals surface area contributed by atoms with Crippen LogP contribution in [0, 0.1) is 6.92 Å². The number of para-hydroxylation sites is 1. The van der Waals surface area contributed by atoms with Crippen molar-refractivity contribution in [3.8, 4) is 0 Å². The van der Waals surface area contributed by atoms with E-state index in [9.17, 15) is 9.59 Å². The Labute approximate surface area is 209 Å². The number of aromatic nitrogens is 3. The van der Waals surface area contributed by atoms with Gasteiger partial charge in [-0.15, -0.1) is 16.4 Å². The van der Waals surface area contributed by atoms with Crippen molar-refractivity contribution in [2.45, 2.75) is 58.8 Å². The van der Waals surface area contributed by atoms with Crippen LogP contribution in [0.15, 0.2) is 66.0 Å². The first-order valence-electron chi connectivity index (χ1n) is 11.8. The second-order valence-electron chi connectivity index (χ2n) is 9.38. The van der Waals surface area contributed by atoms with Gasteiger partial charge in [0.25, 0.3) is 0 Å². The fourth-order valence-electron chi connectivity index (χ4n) is 3.86. The van der Waals surface area contributed by atoms with Crippen molar-refractivity contribution in [3.63, 3.8) is 0 Å². The lowest BCUT2D eigenvalue weighted by atomic mass is 9.98. The molecule has 0 aliphatic rings. The number of thiophene rings is 1. The normalized spacial score (nSPS) is 12.5. The van der Waals surface area contributed by atoms with E-state index in [0.29, 0.717) is 6.54 Å². The largest absolute Gasteiger partial charge is 0.349 e. The molecule has 4 rings (SSSR count). The Bertz CT molecular complexity index is 1290. The third-order valence-electron chi connectivity index (χ3n) is 6.23. The quantitative estimate of drug-likeness (QED) is 0.364. The highest BCUT2D eigenvalue weighted by molar-refractivity contribution is 7.09. The molecule has 2 aromatic carbocycles. The highest BCUT2D eigenvalue weighted by Gasteiger charge is 2.34. The zero-order chi connectivity index (χ0) is 25.0. The Kier molecular flexibility index (Phi) is 7.31. The predicted octanol–water partition coefficient (Wildman–Crippen LogP) is 4.88. The van der Waals surface area contributed by atoms with Gasteiger partial charge < -0.3 is 10.2 Å². The summed E-state index contributed by atoms with van der Waals surface area (Å²) in [4.78, 5) is 30.3. The second-order valence-corrected chi connectivity index (χ2v) is 10.4. The number of nitrogens with zero attached hydrogens (tertiary/aromatic N) is 4. The number of carbonyl (C=O) groups excluding carboxylic acids is 2. The molecule has 0 radical (unpaired) electrons. The zero-order valence-electron chi connectivity index (χ0n) is 20.6. The molecule has 2 heterocycles. The number of aryl methyl sites for hydroxylation is 1. The Balaban J connectivity index is 1.74. The van der Waals surface area contributed by atoms with Crippen LogP contribution in [0.25, 0.3) is 11.0 Å². The maximum absolute atomic E-state index is 13.9. The summed E-state index contributed by atoms with van der Waals surface area (Å²) >= 11 is 1.56.